The van der Waals surface area contributed by atoms with Crippen LogP contribution in [0.25, 0.3) is 0 Å². The molecule has 1 aliphatic heterocycles. The zero-order valence-corrected chi connectivity index (χ0v) is 13.1. The number of benzene rings is 1. The summed E-state index contributed by atoms with van der Waals surface area (Å²) < 4.78 is 1.56. The molecule has 3 amide bonds. The number of fused-ring (bicyclic) bond motifs is 1. The fraction of sp³-hybridized carbons (Fsp3) is 0.250. The van der Waals surface area contributed by atoms with E-state index < -0.39 is 23.6 Å². The Hall–Kier alpha value is -3.16. The number of hydrogen-bond donors (Lipinski definition) is 2. The van der Waals surface area contributed by atoms with E-state index in [2.05, 4.69) is 10.4 Å². The van der Waals surface area contributed by atoms with Crippen LogP contribution >= 0.6 is 0 Å². The number of carbonyl (C=O) groups excluding carboxylic acids is 3. The van der Waals surface area contributed by atoms with Gasteiger partial charge in [0.25, 0.3) is 0 Å². The molecule has 1 atom stereocenters. The minimum absolute atomic E-state index is 0.212. The van der Waals surface area contributed by atoms with Crippen molar-refractivity contribution in [1.82, 2.24) is 9.78 Å². The first-order chi connectivity index (χ1) is 11.5. The topological polar surface area (TPSA) is 110 Å². The second kappa shape index (κ2) is 6.15. The van der Waals surface area contributed by atoms with Crippen molar-refractivity contribution in [2.75, 3.05) is 16.8 Å². The minimum Gasteiger partial charge on any atom is -0.369 e. The van der Waals surface area contributed by atoms with Crippen LogP contribution in [0.5, 0.6) is 0 Å². The van der Waals surface area contributed by atoms with Crippen molar-refractivity contribution < 1.29 is 14.4 Å². The molecule has 1 aromatic heterocycles. The Morgan fingerprint density at radius 2 is 2.08 bits per heavy atom. The molecule has 8 nitrogen and oxygen atoms in total. The Morgan fingerprint density at radius 1 is 1.33 bits per heavy atom. The summed E-state index contributed by atoms with van der Waals surface area (Å²) in [6, 6.07) is 8.81. The summed E-state index contributed by atoms with van der Waals surface area (Å²) in [5.41, 5.74) is 6.77. The highest BCUT2D eigenvalue weighted by molar-refractivity contribution is 6.12. The van der Waals surface area contributed by atoms with Gasteiger partial charge >= 0.3 is 0 Å². The molecule has 0 fully saturated rings. The van der Waals surface area contributed by atoms with Crippen molar-refractivity contribution in [1.29, 1.82) is 0 Å². The summed E-state index contributed by atoms with van der Waals surface area (Å²) in [7, 11) is 1.73. The van der Waals surface area contributed by atoms with Gasteiger partial charge in [0.2, 0.25) is 17.7 Å². The largest absolute Gasteiger partial charge is 0.369 e. The van der Waals surface area contributed by atoms with Crippen LogP contribution in [0, 0.1) is 5.92 Å². The molecular weight excluding hydrogens is 310 g/mol. The van der Waals surface area contributed by atoms with Gasteiger partial charge < -0.3 is 16.0 Å². The van der Waals surface area contributed by atoms with Gasteiger partial charge in [0.05, 0.1) is 0 Å². The van der Waals surface area contributed by atoms with Crippen LogP contribution < -0.4 is 16.0 Å². The number of hydrogen-bond acceptors (Lipinski definition) is 4. The first-order valence-corrected chi connectivity index (χ1v) is 7.44. The van der Waals surface area contributed by atoms with Crippen molar-refractivity contribution in [3.8, 4) is 0 Å². The van der Waals surface area contributed by atoms with Crippen molar-refractivity contribution in [3.05, 3.63) is 42.1 Å². The number of carbonyl (C=O) groups is 3. The van der Waals surface area contributed by atoms with Gasteiger partial charge in [-0.15, -0.1) is 0 Å². The molecule has 24 heavy (non-hydrogen) atoms. The van der Waals surface area contributed by atoms with E-state index >= 15 is 0 Å². The summed E-state index contributed by atoms with van der Waals surface area (Å²) in [6.07, 6.45) is 1.95. The summed E-state index contributed by atoms with van der Waals surface area (Å²) in [4.78, 5) is 37.7. The summed E-state index contributed by atoms with van der Waals surface area (Å²) in [5, 5.41) is 6.68. The maximum atomic E-state index is 12.5. The molecule has 1 aromatic carbocycles. The number of primary amides is 1. The first kappa shape index (κ1) is 15.7. The predicted octanol–water partition coefficient (Wildman–Crippen LogP) is 0.0494. The number of rotatable bonds is 4. The van der Waals surface area contributed by atoms with Gasteiger partial charge in [-0.05, 0) is 18.1 Å². The molecule has 0 radical (unpaired) electrons. The van der Waals surface area contributed by atoms with Crippen molar-refractivity contribution in [3.63, 3.8) is 0 Å². The maximum Gasteiger partial charge on any atom is 0.245 e. The highest BCUT2D eigenvalue weighted by atomic mass is 16.2. The first-order valence-electron chi connectivity index (χ1n) is 7.44. The highest BCUT2D eigenvalue weighted by Crippen LogP contribution is 2.30. The fourth-order valence-electron chi connectivity index (χ4n) is 2.75. The van der Waals surface area contributed by atoms with Crippen LogP contribution in [-0.4, -0.2) is 34.0 Å². The molecule has 2 heterocycles. The van der Waals surface area contributed by atoms with E-state index in [-0.39, 0.29) is 13.0 Å². The van der Waals surface area contributed by atoms with Gasteiger partial charge in [-0.25, -0.2) is 0 Å². The average molecular weight is 327 g/mol. The lowest BCUT2D eigenvalue weighted by molar-refractivity contribution is -0.133. The van der Waals surface area contributed by atoms with Crippen LogP contribution in [-0.2, 0) is 27.9 Å². The number of aromatic nitrogens is 2. The SMILES string of the molecule is Cn1ccc(NC(=O)CN2C(=O)C(C(N)=O)Cc3ccccc32)n1. The Kier molecular flexibility index (Phi) is 4.03. The molecule has 3 rings (SSSR count). The third kappa shape index (κ3) is 2.98. The fourth-order valence-corrected chi connectivity index (χ4v) is 2.75. The second-order valence-electron chi connectivity index (χ2n) is 5.63. The number of aryl methyl sites for hydroxylation is 1. The Balaban J connectivity index is 1.83. The summed E-state index contributed by atoms with van der Waals surface area (Å²) >= 11 is 0. The summed E-state index contributed by atoms with van der Waals surface area (Å²) in [6.45, 7) is -0.212. The standard InChI is InChI=1S/C16H17N5O3/c1-20-7-6-13(19-20)18-14(22)9-21-12-5-3-2-4-10(12)8-11(15(17)23)16(21)24/h2-7,11H,8-9H2,1H3,(H2,17,23)(H,18,19,22). The van der Waals surface area contributed by atoms with E-state index in [4.69, 9.17) is 5.73 Å². The van der Waals surface area contributed by atoms with Gasteiger partial charge in [-0.1, -0.05) is 18.2 Å². The molecule has 1 aliphatic rings. The third-order valence-corrected chi connectivity index (χ3v) is 3.90. The van der Waals surface area contributed by atoms with Gasteiger partial charge in [0, 0.05) is 25.0 Å². The van der Waals surface area contributed by atoms with Crippen molar-refractivity contribution in [2.24, 2.45) is 18.7 Å². The van der Waals surface area contributed by atoms with Crippen LogP contribution in [0.1, 0.15) is 5.56 Å². The van der Waals surface area contributed by atoms with Gasteiger partial charge in [0.1, 0.15) is 12.5 Å². The molecular formula is C16H17N5O3. The molecule has 0 aliphatic carbocycles. The molecule has 0 saturated carbocycles. The van der Waals surface area contributed by atoms with Crippen LogP contribution in [0.4, 0.5) is 11.5 Å². The van der Waals surface area contributed by atoms with E-state index in [1.54, 1.807) is 36.1 Å². The molecule has 1 unspecified atom stereocenters. The van der Waals surface area contributed by atoms with Crippen molar-refractivity contribution >= 4 is 29.2 Å². The smallest absolute Gasteiger partial charge is 0.245 e. The molecule has 0 saturated heterocycles. The second-order valence-corrected chi connectivity index (χ2v) is 5.63. The lowest BCUT2D eigenvalue weighted by Gasteiger charge is -2.32. The molecule has 0 spiro atoms. The minimum atomic E-state index is -0.956. The van der Waals surface area contributed by atoms with Crippen molar-refractivity contribution in [2.45, 2.75) is 6.42 Å². The van der Waals surface area contributed by atoms with Crippen LogP contribution in [0.2, 0.25) is 0 Å². The quantitative estimate of drug-likeness (QED) is 0.773. The Morgan fingerprint density at radius 3 is 2.75 bits per heavy atom. The third-order valence-electron chi connectivity index (χ3n) is 3.90. The number of nitrogens with one attached hydrogen (secondary N) is 1. The maximum absolute atomic E-state index is 12.5. The number of nitrogens with two attached hydrogens (primary N) is 1. The van der Waals surface area contributed by atoms with Gasteiger partial charge in [0.15, 0.2) is 5.82 Å². The van der Waals surface area contributed by atoms with E-state index in [0.717, 1.165) is 5.56 Å². The molecule has 124 valence electrons. The van der Waals surface area contributed by atoms with Gasteiger partial charge in [-0.3, -0.25) is 19.1 Å². The number of para-hydroxylation sites is 1. The zero-order chi connectivity index (χ0) is 17.3. The van der Waals surface area contributed by atoms with E-state index in [1.165, 1.54) is 4.90 Å². The molecule has 0 bridgehead atoms. The lowest BCUT2D eigenvalue weighted by Crippen LogP contribution is -2.49. The predicted molar refractivity (Wildman–Crippen MR) is 87.0 cm³/mol. The Bertz CT molecular complexity index is 814. The highest BCUT2D eigenvalue weighted by Gasteiger charge is 2.36. The lowest BCUT2D eigenvalue weighted by atomic mass is 9.91. The van der Waals surface area contributed by atoms with Crippen LogP contribution in [0.15, 0.2) is 36.5 Å². The summed E-state index contributed by atoms with van der Waals surface area (Å²) in [5.74, 6) is -2.11. The number of nitrogens with zero attached hydrogens (tertiary/aromatic N) is 3. The number of amides is 3. The van der Waals surface area contributed by atoms with E-state index in [1.807, 2.05) is 12.1 Å². The number of anilines is 2. The van der Waals surface area contributed by atoms with E-state index in [9.17, 15) is 14.4 Å². The molecule has 8 heteroatoms. The normalized spacial score (nSPS) is 16.6. The average Bonchev–Trinajstić information content (AvgIpc) is 2.94. The molecule has 2 aromatic rings. The van der Waals surface area contributed by atoms with Crippen LogP contribution in [0.3, 0.4) is 0 Å². The van der Waals surface area contributed by atoms with Gasteiger partial charge in [-0.2, -0.15) is 5.10 Å². The molecule has 3 N–H and O–H groups in total. The Labute approximate surface area is 138 Å². The monoisotopic (exact) mass is 327 g/mol. The zero-order valence-electron chi connectivity index (χ0n) is 13.1. The van der Waals surface area contributed by atoms with E-state index in [0.29, 0.717) is 11.5 Å².